The summed E-state index contributed by atoms with van der Waals surface area (Å²) in [6, 6.07) is 0.795. The van der Waals surface area contributed by atoms with Crippen molar-refractivity contribution in [3.63, 3.8) is 0 Å². The maximum atomic E-state index is 14.3. The number of carbonyl (C=O) groups excluding carboxylic acids is 4. The number of phenols is 1. The van der Waals surface area contributed by atoms with Gasteiger partial charge in [0.15, 0.2) is 5.60 Å². The highest BCUT2D eigenvalue weighted by molar-refractivity contribution is 9.11. The smallest absolute Gasteiger partial charge is 0.305 e. The molecular formula is C30H37BrN2O9. The summed E-state index contributed by atoms with van der Waals surface area (Å²) in [7, 11) is 4.74. The molecule has 0 saturated heterocycles. The molecule has 0 bridgehead atoms. The number of ketones is 2. The summed E-state index contributed by atoms with van der Waals surface area (Å²) in [6.45, 7) is 7.32. The van der Waals surface area contributed by atoms with Crippen molar-refractivity contribution >= 4 is 45.1 Å². The van der Waals surface area contributed by atoms with Crippen molar-refractivity contribution in [1.82, 2.24) is 4.90 Å². The molecule has 1 saturated carbocycles. The van der Waals surface area contributed by atoms with E-state index < -0.39 is 69.8 Å². The molecular weight excluding hydrogens is 612 g/mol. The van der Waals surface area contributed by atoms with Crippen molar-refractivity contribution in [3.05, 3.63) is 43.9 Å². The number of aliphatic hydroxyl groups is 2. The molecule has 1 fully saturated rings. The number of aliphatic hydroxyl groups excluding tert-OH is 1. The Bertz CT molecular complexity index is 1460. The molecule has 5 N–H and O–H groups in total. The molecule has 11 nitrogen and oxygen atoms in total. The van der Waals surface area contributed by atoms with Gasteiger partial charge in [0.2, 0.25) is 11.6 Å². The Morgan fingerprint density at radius 1 is 1.19 bits per heavy atom. The number of nitrogens with zero attached hydrogens (tertiary/aromatic N) is 1. The summed E-state index contributed by atoms with van der Waals surface area (Å²) in [5, 5.41) is 35.3. The number of esters is 1. The number of carbonyl (C=O) groups is 4. The van der Waals surface area contributed by atoms with Crippen LogP contribution >= 0.6 is 15.9 Å². The first-order chi connectivity index (χ1) is 19.4. The lowest BCUT2D eigenvalue weighted by Gasteiger charge is -2.53. The van der Waals surface area contributed by atoms with E-state index in [9.17, 15) is 34.5 Å². The fourth-order valence-electron chi connectivity index (χ4n) is 6.58. The number of hydrogen-bond acceptors (Lipinski definition) is 10. The number of Topliss-reactive ketones (excluding diaryl/α,β-unsaturated/α-hetero) is 2. The first-order valence-electron chi connectivity index (χ1n) is 13.6. The van der Waals surface area contributed by atoms with E-state index >= 15 is 0 Å². The zero-order valence-corrected chi connectivity index (χ0v) is 26.3. The fourth-order valence-corrected chi connectivity index (χ4v) is 7.65. The first-order valence-corrected chi connectivity index (χ1v) is 14.4. The van der Waals surface area contributed by atoms with Gasteiger partial charge in [-0.05, 0) is 43.1 Å². The summed E-state index contributed by atoms with van der Waals surface area (Å²) in [5.74, 6) is -7.50. The topological polar surface area (TPSA) is 177 Å². The van der Waals surface area contributed by atoms with Crippen LogP contribution in [-0.4, -0.2) is 82.6 Å². The van der Waals surface area contributed by atoms with Crippen LogP contribution in [0.15, 0.2) is 21.7 Å². The number of methoxy groups -OCH3 is 1. The van der Waals surface area contributed by atoms with E-state index in [0.717, 1.165) is 0 Å². The molecule has 0 spiro atoms. The van der Waals surface area contributed by atoms with Crippen molar-refractivity contribution < 1.29 is 44.0 Å². The summed E-state index contributed by atoms with van der Waals surface area (Å²) >= 11 is 3.32. The van der Waals surface area contributed by atoms with Crippen LogP contribution < -0.4 is 5.73 Å². The van der Waals surface area contributed by atoms with E-state index in [2.05, 4.69) is 15.9 Å². The highest BCUT2D eigenvalue weighted by Gasteiger charge is 2.69. The van der Waals surface area contributed by atoms with Crippen molar-refractivity contribution in [2.24, 2.45) is 17.6 Å². The highest BCUT2D eigenvalue weighted by Crippen LogP contribution is 2.55. The van der Waals surface area contributed by atoms with Gasteiger partial charge in [0, 0.05) is 35.1 Å². The van der Waals surface area contributed by atoms with Crippen LogP contribution in [0.25, 0.3) is 5.76 Å². The maximum Gasteiger partial charge on any atom is 0.305 e. The predicted octanol–water partition coefficient (Wildman–Crippen LogP) is 2.18. The van der Waals surface area contributed by atoms with E-state index in [1.165, 1.54) is 7.11 Å². The zero-order valence-electron chi connectivity index (χ0n) is 24.7. The van der Waals surface area contributed by atoms with E-state index in [-0.39, 0.29) is 40.8 Å². The van der Waals surface area contributed by atoms with E-state index in [1.54, 1.807) is 32.0 Å². The molecule has 0 aromatic heterocycles. The lowest BCUT2D eigenvalue weighted by Crippen LogP contribution is -2.71. The van der Waals surface area contributed by atoms with Crippen LogP contribution in [-0.2, 0) is 47.1 Å². The Kier molecular flexibility index (Phi) is 8.26. The third-order valence-corrected chi connectivity index (χ3v) is 9.35. The molecule has 0 radical (unpaired) electrons. The number of likely N-dealkylation sites (N-methyl/N-ethyl adjacent to an activating group) is 1. The summed E-state index contributed by atoms with van der Waals surface area (Å²) in [6.07, 6.45) is -1.33. The van der Waals surface area contributed by atoms with E-state index in [0.29, 0.717) is 16.7 Å². The second-order valence-corrected chi connectivity index (χ2v) is 13.1. The molecule has 12 heteroatoms. The summed E-state index contributed by atoms with van der Waals surface area (Å²) < 4.78 is 11.4. The standard InChI is InChI=1S/C30H37BrN2O9/c1-8-16(34)42-25-14-10-13-12(11-41-7)9-15(29(2,3)4)23(35)17(13)24(36)18(14)26(37)30(40)20(25)22(33(5)6)21(31)19(27(30)38)28(32)39/h9,14,20,22,25,35-36,40H,8,10-11H2,1-7H3,(H2,32,39)/t14-,20-,22+,25+,30+/m0/s1. The van der Waals surface area contributed by atoms with Gasteiger partial charge in [-0.15, -0.1) is 0 Å². The van der Waals surface area contributed by atoms with Crippen molar-refractivity contribution in [3.8, 4) is 5.75 Å². The largest absolute Gasteiger partial charge is 0.507 e. The number of benzene rings is 1. The number of primary amides is 1. The van der Waals surface area contributed by atoms with Gasteiger partial charge >= 0.3 is 5.97 Å². The van der Waals surface area contributed by atoms with Crippen LogP contribution in [0.1, 0.15) is 56.4 Å². The molecule has 4 rings (SSSR count). The molecule has 1 aromatic carbocycles. The summed E-state index contributed by atoms with van der Waals surface area (Å²) in [4.78, 5) is 55.0. The Hall–Kier alpha value is -3.06. The SMILES string of the molecule is CCC(=O)O[C@H]1[C@@H]2[C@@H](N(C)C)C(Br)=C(C(N)=O)C(=O)[C@]2(O)C(=O)C2=C(O)c3c(O)c(C(C)(C)C)cc(COC)c3C[C@@H]21. The van der Waals surface area contributed by atoms with Crippen LogP contribution in [0, 0.1) is 11.8 Å². The average Bonchev–Trinajstić information content (AvgIpc) is 2.88. The molecule has 1 amide bonds. The van der Waals surface area contributed by atoms with Crippen LogP contribution in [0.4, 0.5) is 0 Å². The molecule has 228 valence electrons. The van der Waals surface area contributed by atoms with Gasteiger partial charge in [-0.25, -0.2) is 0 Å². The van der Waals surface area contributed by atoms with Gasteiger partial charge in [-0.2, -0.15) is 0 Å². The monoisotopic (exact) mass is 648 g/mol. The van der Waals surface area contributed by atoms with E-state index in [4.69, 9.17) is 15.2 Å². The lowest BCUT2D eigenvalue weighted by atomic mass is 9.55. The molecule has 42 heavy (non-hydrogen) atoms. The van der Waals surface area contributed by atoms with Crippen LogP contribution in [0.2, 0.25) is 0 Å². The number of halogens is 1. The summed E-state index contributed by atoms with van der Waals surface area (Å²) in [5.41, 5.74) is 2.68. The van der Waals surface area contributed by atoms with Gasteiger partial charge in [0.25, 0.3) is 5.91 Å². The second kappa shape index (κ2) is 10.9. The molecule has 5 atom stereocenters. The minimum Gasteiger partial charge on any atom is -0.507 e. The quantitative estimate of drug-likeness (QED) is 0.203. The van der Waals surface area contributed by atoms with Gasteiger partial charge in [0.05, 0.1) is 29.7 Å². The number of nitrogens with two attached hydrogens (primary N) is 1. The minimum absolute atomic E-state index is 0.0176. The van der Waals surface area contributed by atoms with Gasteiger partial charge in [-0.3, -0.25) is 19.2 Å². The highest BCUT2D eigenvalue weighted by atomic mass is 79.9. The van der Waals surface area contributed by atoms with Crippen LogP contribution in [0.5, 0.6) is 5.75 Å². The average molecular weight is 650 g/mol. The Balaban J connectivity index is 2.11. The number of amides is 1. The number of ether oxygens (including phenoxy) is 2. The molecule has 0 unspecified atom stereocenters. The fraction of sp³-hybridized carbons (Fsp3) is 0.533. The minimum atomic E-state index is -2.92. The molecule has 3 aliphatic rings. The lowest BCUT2D eigenvalue weighted by molar-refractivity contribution is -0.184. The van der Waals surface area contributed by atoms with Gasteiger partial charge in [-0.1, -0.05) is 43.6 Å². The van der Waals surface area contributed by atoms with Gasteiger partial charge in [0.1, 0.15) is 17.6 Å². The molecule has 3 aliphatic carbocycles. The van der Waals surface area contributed by atoms with Crippen LogP contribution in [0.3, 0.4) is 0 Å². The predicted molar refractivity (Wildman–Crippen MR) is 156 cm³/mol. The number of hydrogen-bond donors (Lipinski definition) is 4. The zero-order chi connectivity index (χ0) is 31.6. The Morgan fingerprint density at radius 2 is 1.81 bits per heavy atom. The molecule has 1 aromatic rings. The van der Waals surface area contributed by atoms with Gasteiger partial charge < -0.3 is 35.4 Å². The molecule has 0 aliphatic heterocycles. The third kappa shape index (κ3) is 4.59. The first kappa shape index (κ1) is 31.9. The normalized spacial score (nSPS) is 27.6. The van der Waals surface area contributed by atoms with Crippen molar-refractivity contribution in [2.45, 2.75) is 70.3 Å². The van der Waals surface area contributed by atoms with E-state index in [1.807, 2.05) is 20.8 Å². The maximum absolute atomic E-state index is 14.3. The number of rotatable bonds is 6. The Morgan fingerprint density at radius 3 is 2.31 bits per heavy atom. The number of fused-ring (bicyclic) bond motifs is 3. The van der Waals surface area contributed by atoms with Crippen molar-refractivity contribution in [1.29, 1.82) is 0 Å². The molecule has 0 heterocycles. The number of aromatic hydroxyl groups is 1. The Labute approximate surface area is 252 Å². The third-order valence-electron chi connectivity index (χ3n) is 8.49. The second-order valence-electron chi connectivity index (χ2n) is 12.3. The number of phenolic OH excluding ortho intramolecular Hbond substituents is 1. The van der Waals surface area contributed by atoms with Crippen molar-refractivity contribution in [2.75, 3.05) is 21.2 Å².